The van der Waals surface area contributed by atoms with Crippen molar-refractivity contribution in [1.82, 2.24) is 15.5 Å². The maximum Gasteiger partial charge on any atom is 0.419 e. The van der Waals surface area contributed by atoms with Crippen LogP contribution in [0.25, 0.3) is 11.4 Å². The number of hydrogen-bond donors (Lipinski definition) is 1. The van der Waals surface area contributed by atoms with Gasteiger partial charge in [0.05, 0.1) is 18.2 Å². The summed E-state index contributed by atoms with van der Waals surface area (Å²) in [4.78, 5) is 4.25. The van der Waals surface area contributed by atoms with Crippen molar-refractivity contribution < 1.29 is 27.2 Å². The molecule has 0 radical (unpaired) electrons. The molecular formula is C18H22F3N3O3. The number of hydrogen-bond acceptors (Lipinski definition) is 6. The Morgan fingerprint density at radius 2 is 2.07 bits per heavy atom. The van der Waals surface area contributed by atoms with Crippen LogP contribution in [0.1, 0.15) is 43.2 Å². The normalized spacial score (nSPS) is 17.4. The zero-order chi connectivity index (χ0) is 19.3. The van der Waals surface area contributed by atoms with E-state index in [0.29, 0.717) is 18.9 Å². The van der Waals surface area contributed by atoms with Gasteiger partial charge in [-0.3, -0.25) is 0 Å². The van der Waals surface area contributed by atoms with Crippen LogP contribution in [-0.4, -0.2) is 37.0 Å². The van der Waals surface area contributed by atoms with Crippen LogP contribution in [0.15, 0.2) is 22.7 Å². The minimum Gasteiger partial charge on any atom is -0.493 e. The number of unbranched alkanes of at least 4 members (excludes halogenated alkanes) is 1. The first-order chi connectivity index (χ1) is 13.0. The second-order valence-corrected chi connectivity index (χ2v) is 6.36. The van der Waals surface area contributed by atoms with Gasteiger partial charge in [0, 0.05) is 19.3 Å². The molecule has 9 heteroatoms. The second kappa shape index (κ2) is 8.71. The summed E-state index contributed by atoms with van der Waals surface area (Å²) in [5, 5.41) is 7.05. The molecule has 1 aliphatic heterocycles. The topological polar surface area (TPSA) is 69.4 Å². The highest BCUT2D eigenvalue weighted by Gasteiger charge is 2.35. The fraction of sp³-hybridized carbons (Fsp3) is 0.556. The lowest BCUT2D eigenvalue weighted by Gasteiger charge is -2.14. The van der Waals surface area contributed by atoms with E-state index in [1.165, 1.54) is 12.1 Å². The van der Waals surface area contributed by atoms with E-state index in [-0.39, 0.29) is 29.8 Å². The molecule has 2 heterocycles. The van der Waals surface area contributed by atoms with Crippen LogP contribution in [0, 0.1) is 0 Å². The molecule has 6 nitrogen and oxygen atoms in total. The summed E-state index contributed by atoms with van der Waals surface area (Å²) < 4.78 is 55.8. The first-order valence-corrected chi connectivity index (χ1v) is 8.89. The summed E-state index contributed by atoms with van der Waals surface area (Å²) in [5.41, 5.74) is -0.612. The molecule has 1 fully saturated rings. The number of ether oxygens (including phenoxy) is 2. The van der Waals surface area contributed by atoms with Gasteiger partial charge in [-0.2, -0.15) is 18.2 Å². The molecule has 0 spiro atoms. The molecule has 1 unspecified atom stereocenters. The lowest BCUT2D eigenvalue weighted by atomic mass is 10.1. The van der Waals surface area contributed by atoms with Gasteiger partial charge >= 0.3 is 6.18 Å². The molecule has 1 saturated heterocycles. The predicted octanol–water partition coefficient (Wildman–Crippen LogP) is 3.99. The van der Waals surface area contributed by atoms with Crippen LogP contribution in [0.2, 0.25) is 0 Å². The van der Waals surface area contributed by atoms with Crippen molar-refractivity contribution in [2.24, 2.45) is 0 Å². The zero-order valence-electron chi connectivity index (χ0n) is 15.0. The Morgan fingerprint density at radius 1 is 1.26 bits per heavy atom. The van der Waals surface area contributed by atoms with Gasteiger partial charge in [-0.25, -0.2) is 0 Å². The average Bonchev–Trinajstić information content (AvgIpc) is 3.32. The molecule has 0 bridgehead atoms. The summed E-state index contributed by atoms with van der Waals surface area (Å²) in [5.74, 6) is 0.329. The second-order valence-electron chi connectivity index (χ2n) is 6.36. The smallest absolute Gasteiger partial charge is 0.419 e. The number of rotatable bonds is 8. The van der Waals surface area contributed by atoms with E-state index in [0.717, 1.165) is 31.9 Å². The lowest BCUT2D eigenvalue weighted by molar-refractivity contribution is -0.138. The van der Waals surface area contributed by atoms with E-state index < -0.39 is 11.7 Å². The molecule has 3 rings (SSSR count). The lowest BCUT2D eigenvalue weighted by Crippen LogP contribution is -2.13. The molecule has 1 N–H and O–H groups in total. The van der Waals surface area contributed by atoms with Crippen LogP contribution in [-0.2, 0) is 10.9 Å². The summed E-state index contributed by atoms with van der Waals surface area (Å²) in [6.45, 7) is 1.59. The number of aromatic nitrogens is 2. The number of halogens is 3. The van der Waals surface area contributed by atoms with Crippen molar-refractivity contribution in [3.8, 4) is 17.1 Å². The maximum atomic E-state index is 13.5. The Balaban J connectivity index is 1.76. The SMILES string of the molecule is COCCCCOc1ccc(-c2noc(C3CCCN3)n2)cc1C(F)(F)F. The molecule has 0 amide bonds. The van der Waals surface area contributed by atoms with Crippen molar-refractivity contribution in [1.29, 1.82) is 0 Å². The minimum absolute atomic E-state index is 0.0388. The number of nitrogens with one attached hydrogen (secondary N) is 1. The number of nitrogens with zero attached hydrogens (tertiary/aromatic N) is 2. The fourth-order valence-corrected chi connectivity index (χ4v) is 2.94. The van der Waals surface area contributed by atoms with Crippen molar-refractivity contribution in [3.05, 3.63) is 29.7 Å². The minimum atomic E-state index is -4.54. The Labute approximate surface area is 155 Å². The van der Waals surface area contributed by atoms with Gasteiger partial charge < -0.3 is 19.3 Å². The molecule has 0 saturated carbocycles. The van der Waals surface area contributed by atoms with Gasteiger partial charge in [-0.15, -0.1) is 0 Å². The van der Waals surface area contributed by atoms with Gasteiger partial charge in [0.15, 0.2) is 0 Å². The molecule has 148 valence electrons. The van der Waals surface area contributed by atoms with E-state index in [2.05, 4.69) is 15.5 Å². The Bertz CT molecular complexity index is 743. The number of benzene rings is 1. The predicted molar refractivity (Wildman–Crippen MR) is 91.3 cm³/mol. The number of methoxy groups -OCH3 is 1. The average molecular weight is 385 g/mol. The third kappa shape index (κ3) is 4.98. The molecule has 1 aromatic heterocycles. The highest BCUT2D eigenvalue weighted by atomic mass is 19.4. The summed E-state index contributed by atoms with van der Waals surface area (Å²) in [7, 11) is 1.58. The van der Waals surface area contributed by atoms with Gasteiger partial charge in [0.2, 0.25) is 11.7 Å². The van der Waals surface area contributed by atoms with Crippen molar-refractivity contribution in [3.63, 3.8) is 0 Å². The molecule has 1 atom stereocenters. The van der Waals surface area contributed by atoms with Crippen LogP contribution < -0.4 is 10.1 Å². The third-order valence-electron chi connectivity index (χ3n) is 4.34. The van der Waals surface area contributed by atoms with E-state index in [4.69, 9.17) is 14.0 Å². The first kappa shape index (κ1) is 19.6. The summed E-state index contributed by atoms with van der Waals surface area (Å²) in [6.07, 6.45) is -1.36. The number of alkyl halides is 3. The summed E-state index contributed by atoms with van der Waals surface area (Å²) in [6, 6.07) is 3.78. The van der Waals surface area contributed by atoms with Gasteiger partial charge in [0.1, 0.15) is 5.75 Å². The van der Waals surface area contributed by atoms with Gasteiger partial charge in [-0.1, -0.05) is 5.16 Å². The monoisotopic (exact) mass is 385 g/mol. The van der Waals surface area contributed by atoms with E-state index in [1.54, 1.807) is 7.11 Å². The third-order valence-corrected chi connectivity index (χ3v) is 4.34. The van der Waals surface area contributed by atoms with Crippen LogP contribution in [0.5, 0.6) is 5.75 Å². The summed E-state index contributed by atoms with van der Waals surface area (Å²) >= 11 is 0. The quantitative estimate of drug-likeness (QED) is 0.693. The Hall–Kier alpha value is -2.13. The molecular weight excluding hydrogens is 363 g/mol. The molecule has 1 aliphatic rings. The van der Waals surface area contributed by atoms with Gasteiger partial charge in [0.25, 0.3) is 0 Å². The van der Waals surface area contributed by atoms with Crippen LogP contribution in [0.3, 0.4) is 0 Å². The molecule has 27 heavy (non-hydrogen) atoms. The van der Waals surface area contributed by atoms with E-state index >= 15 is 0 Å². The van der Waals surface area contributed by atoms with Crippen molar-refractivity contribution >= 4 is 0 Å². The fourth-order valence-electron chi connectivity index (χ4n) is 2.94. The van der Waals surface area contributed by atoms with Crippen LogP contribution in [0.4, 0.5) is 13.2 Å². The highest BCUT2D eigenvalue weighted by Crippen LogP contribution is 2.38. The maximum absolute atomic E-state index is 13.5. The van der Waals surface area contributed by atoms with Crippen molar-refractivity contribution in [2.75, 3.05) is 26.9 Å². The highest BCUT2D eigenvalue weighted by molar-refractivity contribution is 5.59. The largest absolute Gasteiger partial charge is 0.493 e. The van der Waals surface area contributed by atoms with Gasteiger partial charge in [-0.05, 0) is 50.4 Å². The van der Waals surface area contributed by atoms with Crippen molar-refractivity contribution in [2.45, 2.75) is 37.9 Å². The molecule has 1 aromatic carbocycles. The molecule has 0 aliphatic carbocycles. The zero-order valence-corrected chi connectivity index (χ0v) is 15.0. The van der Waals surface area contributed by atoms with E-state index in [1.807, 2.05) is 0 Å². The Morgan fingerprint density at radius 3 is 2.78 bits per heavy atom. The molecule has 2 aromatic rings. The first-order valence-electron chi connectivity index (χ1n) is 8.89. The van der Waals surface area contributed by atoms with E-state index in [9.17, 15) is 13.2 Å². The Kier molecular flexibility index (Phi) is 6.33. The standard InChI is InChI=1S/C18H22F3N3O3/c1-25-9-2-3-10-26-15-7-6-12(11-13(15)18(19,20)21)16-23-17(27-24-16)14-5-4-8-22-14/h6-7,11,14,22H,2-5,8-10H2,1H3. The van der Waals surface area contributed by atoms with Crippen LogP contribution >= 0.6 is 0 Å².